The number of ether oxygens (including phenoxy) is 2. The van der Waals surface area contributed by atoms with Crippen LogP contribution in [0.2, 0.25) is 0 Å². The maximum atomic E-state index is 6.04. The number of hydrogen-bond donors (Lipinski definition) is 0. The summed E-state index contributed by atoms with van der Waals surface area (Å²) in [4.78, 5) is 0. The molecule has 0 bridgehead atoms. The average Bonchev–Trinajstić information content (AvgIpc) is 2.33. The Hall–Kier alpha value is -0.730. The van der Waals surface area contributed by atoms with Crippen molar-refractivity contribution in [3.8, 4) is 5.75 Å². The average molecular weight is 241 g/mol. The topological polar surface area (TPSA) is 18.5 Å². The highest BCUT2D eigenvalue weighted by Gasteiger charge is 2.17. The summed E-state index contributed by atoms with van der Waals surface area (Å²) in [5.74, 6) is 1.46. The minimum Gasteiger partial charge on any atom is -0.490 e. The smallest absolute Gasteiger partial charge is 0.127 e. The van der Waals surface area contributed by atoms with Crippen LogP contribution in [0.1, 0.15) is 24.0 Å². The number of benzene rings is 1. The van der Waals surface area contributed by atoms with Gasteiger partial charge in [-0.25, -0.2) is 0 Å². The van der Waals surface area contributed by atoms with Crippen molar-refractivity contribution in [3.05, 3.63) is 29.3 Å². The van der Waals surface area contributed by atoms with Crippen LogP contribution in [-0.2, 0) is 10.6 Å². The molecular formula is C13H17ClO2. The fraction of sp³-hybridized carbons (Fsp3) is 0.538. The molecule has 3 heteroatoms. The highest BCUT2D eigenvalue weighted by Crippen LogP contribution is 2.27. The Morgan fingerprint density at radius 2 is 2.12 bits per heavy atom. The number of alkyl halides is 1. The Bertz CT molecular complexity index is 346. The van der Waals surface area contributed by atoms with Gasteiger partial charge in [0, 0.05) is 18.4 Å². The maximum Gasteiger partial charge on any atom is 0.127 e. The zero-order valence-corrected chi connectivity index (χ0v) is 10.3. The van der Waals surface area contributed by atoms with E-state index in [0.717, 1.165) is 42.9 Å². The molecule has 2 nitrogen and oxygen atoms in total. The summed E-state index contributed by atoms with van der Waals surface area (Å²) in [5, 5.41) is 0. The first-order chi connectivity index (χ1) is 7.81. The predicted molar refractivity (Wildman–Crippen MR) is 65.2 cm³/mol. The molecule has 0 radical (unpaired) electrons. The van der Waals surface area contributed by atoms with Gasteiger partial charge in [-0.3, -0.25) is 0 Å². The van der Waals surface area contributed by atoms with E-state index in [1.54, 1.807) is 0 Å². The number of halogens is 1. The van der Waals surface area contributed by atoms with Gasteiger partial charge >= 0.3 is 0 Å². The largest absolute Gasteiger partial charge is 0.490 e. The first kappa shape index (κ1) is 11.7. The molecule has 1 aromatic carbocycles. The SMILES string of the molecule is Cc1cccc(CCl)c1OC1CCOCC1. The van der Waals surface area contributed by atoms with Crippen LogP contribution in [0, 0.1) is 6.92 Å². The van der Waals surface area contributed by atoms with Crippen LogP contribution in [0.3, 0.4) is 0 Å². The lowest BCUT2D eigenvalue weighted by Crippen LogP contribution is -2.26. The van der Waals surface area contributed by atoms with Crippen LogP contribution in [0.5, 0.6) is 5.75 Å². The van der Waals surface area contributed by atoms with E-state index in [0.29, 0.717) is 5.88 Å². The van der Waals surface area contributed by atoms with E-state index in [2.05, 4.69) is 13.0 Å². The van der Waals surface area contributed by atoms with E-state index in [1.165, 1.54) is 0 Å². The molecule has 0 amide bonds. The lowest BCUT2D eigenvalue weighted by molar-refractivity contribution is 0.0250. The van der Waals surface area contributed by atoms with Crippen molar-refractivity contribution in [2.75, 3.05) is 13.2 Å². The molecule has 1 saturated heterocycles. The lowest BCUT2D eigenvalue weighted by atomic mass is 10.1. The Kier molecular flexibility index (Phi) is 4.08. The van der Waals surface area contributed by atoms with Gasteiger partial charge in [0.2, 0.25) is 0 Å². The van der Waals surface area contributed by atoms with Gasteiger partial charge in [0.25, 0.3) is 0 Å². The molecule has 1 heterocycles. The summed E-state index contributed by atoms with van der Waals surface area (Å²) >= 11 is 5.92. The van der Waals surface area contributed by atoms with Crippen LogP contribution >= 0.6 is 11.6 Å². The highest BCUT2D eigenvalue weighted by molar-refractivity contribution is 6.17. The molecule has 2 rings (SSSR count). The second-order valence-corrected chi connectivity index (χ2v) is 4.39. The minimum atomic E-state index is 0.275. The lowest BCUT2D eigenvalue weighted by Gasteiger charge is -2.25. The monoisotopic (exact) mass is 240 g/mol. The Labute approximate surface area is 102 Å². The molecule has 0 aromatic heterocycles. The van der Waals surface area contributed by atoms with E-state index < -0.39 is 0 Å². The van der Waals surface area contributed by atoms with Crippen molar-refractivity contribution < 1.29 is 9.47 Å². The molecular weight excluding hydrogens is 224 g/mol. The van der Waals surface area contributed by atoms with E-state index in [-0.39, 0.29) is 6.10 Å². The zero-order chi connectivity index (χ0) is 11.4. The second kappa shape index (κ2) is 5.55. The highest BCUT2D eigenvalue weighted by atomic mass is 35.5. The molecule has 1 aliphatic rings. The second-order valence-electron chi connectivity index (χ2n) is 4.13. The van der Waals surface area contributed by atoms with Gasteiger partial charge < -0.3 is 9.47 Å². The molecule has 1 fully saturated rings. The van der Waals surface area contributed by atoms with Crippen molar-refractivity contribution in [1.82, 2.24) is 0 Å². The minimum absolute atomic E-state index is 0.275. The standard InChI is InChI=1S/C13H17ClO2/c1-10-3-2-4-11(9-14)13(10)16-12-5-7-15-8-6-12/h2-4,12H,5-9H2,1H3. The fourth-order valence-corrected chi connectivity index (χ4v) is 2.16. The molecule has 0 unspecified atom stereocenters. The molecule has 0 atom stereocenters. The van der Waals surface area contributed by atoms with Gasteiger partial charge in [0.15, 0.2) is 0 Å². The summed E-state index contributed by atoms with van der Waals surface area (Å²) in [6, 6.07) is 6.10. The van der Waals surface area contributed by atoms with E-state index in [9.17, 15) is 0 Å². The third-order valence-corrected chi connectivity index (χ3v) is 3.18. The molecule has 0 N–H and O–H groups in total. The van der Waals surface area contributed by atoms with Gasteiger partial charge in [0.1, 0.15) is 11.9 Å². The van der Waals surface area contributed by atoms with Crippen molar-refractivity contribution in [1.29, 1.82) is 0 Å². The van der Waals surface area contributed by atoms with Crippen LogP contribution < -0.4 is 4.74 Å². The van der Waals surface area contributed by atoms with Crippen LogP contribution in [0.4, 0.5) is 0 Å². The van der Waals surface area contributed by atoms with E-state index in [1.807, 2.05) is 12.1 Å². The number of hydrogen-bond acceptors (Lipinski definition) is 2. The predicted octanol–water partition coefficient (Wildman–Crippen LogP) is 3.29. The number of para-hydroxylation sites is 1. The molecule has 16 heavy (non-hydrogen) atoms. The molecule has 1 aromatic rings. The zero-order valence-electron chi connectivity index (χ0n) is 9.54. The third-order valence-electron chi connectivity index (χ3n) is 2.89. The number of aryl methyl sites for hydroxylation is 1. The Balaban J connectivity index is 2.12. The van der Waals surface area contributed by atoms with Crippen molar-refractivity contribution >= 4 is 11.6 Å². The molecule has 1 aliphatic heterocycles. The molecule has 0 saturated carbocycles. The summed E-state index contributed by atoms with van der Waals surface area (Å²) in [7, 11) is 0. The van der Waals surface area contributed by atoms with Gasteiger partial charge in [0.05, 0.1) is 19.1 Å². The number of rotatable bonds is 3. The first-order valence-electron chi connectivity index (χ1n) is 5.70. The van der Waals surface area contributed by atoms with Gasteiger partial charge in [-0.15, -0.1) is 11.6 Å². The summed E-state index contributed by atoms with van der Waals surface area (Å²) in [6.07, 6.45) is 2.21. The van der Waals surface area contributed by atoms with Crippen molar-refractivity contribution in [2.24, 2.45) is 0 Å². The summed E-state index contributed by atoms with van der Waals surface area (Å²) < 4.78 is 11.4. The first-order valence-corrected chi connectivity index (χ1v) is 6.23. The molecule has 0 spiro atoms. The third kappa shape index (κ3) is 2.69. The van der Waals surface area contributed by atoms with Crippen LogP contribution in [-0.4, -0.2) is 19.3 Å². The fourth-order valence-electron chi connectivity index (χ4n) is 1.95. The summed E-state index contributed by atoms with van der Waals surface area (Å²) in [5.41, 5.74) is 2.23. The van der Waals surface area contributed by atoms with E-state index >= 15 is 0 Å². The van der Waals surface area contributed by atoms with E-state index in [4.69, 9.17) is 21.1 Å². The quantitative estimate of drug-likeness (QED) is 0.755. The molecule has 88 valence electrons. The molecule has 0 aliphatic carbocycles. The van der Waals surface area contributed by atoms with Crippen molar-refractivity contribution in [2.45, 2.75) is 31.7 Å². The van der Waals surface area contributed by atoms with Gasteiger partial charge in [-0.1, -0.05) is 18.2 Å². The van der Waals surface area contributed by atoms with Crippen molar-refractivity contribution in [3.63, 3.8) is 0 Å². The van der Waals surface area contributed by atoms with Crippen LogP contribution in [0.25, 0.3) is 0 Å². The summed E-state index contributed by atoms with van der Waals surface area (Å²) in [6.45, 7) is 3.66. The normalized spacial score (nSPS) is 17.4. The Morgan fingerprint density at radius 1 is 1.38 bits per heavy atom. The van der Waals surface area contributed by atoms with Gasteiger partial charge in [-0.2, -0.15) is 0 Å². The van der Waals surface area contributed by atoms with Crippen LogP contribution in [0.15, 0.2) is 18.2 Å². The Morgan fingerprint density at radius 3 is 2.81 bits per heavy atom. The van der Waals surface area contributed by atoms with Gasteiger partial charge in [-0.05, 0) is 12.5 Å². The maximum absolute atomic E-state index is 6.04.